The van der Waals surface area contributed by atoms with Crippen molar-refractivity contribution >= 4 is 5.69 Å². The van der Waals surface area contributed by atoms with Gasteiger partial charge in [-0.25, -0.2) is 0 Å². The van der Waals surface area contributed by atoms with Crippen molar-refractivity contribution in [2.75, 3.05) is 12.8 Å². The van der Waals surface area contributed by atoms with E-state index in [9.17, 15) is 0 Å². The summed E-state index contributed by atoms with van der Waals surface area (Å²) in [5.74, 6) is 1.32. The molecule has 90 valence electrons. The van der Waals surface area contributed by atoms with E-state index in [2.05, 4.69) is 20.8 Å². The molecule has 0 aliphatic rings. The highest BCUT2D eigenvalue weighted by Gasteiger charge is 2.09. The summed E-state index contributed by atoms with van der Waals surface area (Å²) in [6, 6.07) is 5.62. The van der Waals surface area contributed by atoms with Crippen LogP contribution < -0.4 is 10.5 Å². The number of anilines is 1. The van der Waals surface area contributed by atoms with Crippen LogP contribution in [0, 0.1) is 5.92 Å². The van der Waals surface area contributed by atoms with Crippen LogP contribution >= 0.6 is 0 Å². The smallest absolute Gasteiger partial charge is 0.119 e. The van der Waals surface area contributed by atoms with Gasteiger partial charge in [-0.2, -0.15) is 0 Å². The molecule has 0 radical (unpaired) electrons. The third kappa shape index (κ3) is 3.42. The van der Waals surface area contributed by atoms with E-state index >= 15 is 0 Å². The highest BCUT2D eigenvalue weighted by molar-refractivity contribution is 5.50. The summed E-state index contributed by atoms with van der Waals surface area (Å²) < 4.78 is 10.9. The Morgan fingerprint density at radius 2 is 1.94 bits per heavy atom. The maximum absolute atomic E-state index is 5.87. The zero-order chi connectivity index (χ0) is 12.1. The molecule has 1 rings (SSSR count). The first-order valence-electron chi connectivity index (χ1n) is 5.58. The summed E-state index contributed by atoms with van der Waals surface area (Å²) in [5, 5.41) is 0. The Morgan fingerprint density at radius 3 is 2.50 bits per heavy atom. The molecule has 2 N–H and O–H groups in total. The number of hydrogen-bond acceptors (Lipinski definition) is 3. The highest BCUT2D eigenvalue weighted by atomic mass is 16.5. The molecule has 16 heavy (non-hydrogen) atoms. The summed E-state index contributed by atoms with van der Waals surface area (Å²) in [5.41, 5.74) is 7.60. The fraction of sp³-hybridized carbons (Fsp3) is 0.538. The first-order chi connectivity index (χ1) is 7.54. The third-order valence-corrected chi connectivity index (χ3v) is 2.79. The molecule has 1 aromatic rings. The number of hydrogen-bond donors (Lipinski definition) is 1. The average Bonchev–Trinajstić information content (AvgIpc) is 2.27. The van der Waals surface area contributed by atoms with E-state index in [0.717, 1.165) is 17.0 Å². The Morgan fingerprint density at radius 1 is 1.25 bits per heavy atom. The number of nitrogens with two attached hydrogens (primary N) is 1. The molecule has 0 aliphatic carbocycles. The van der Waals surface area contributed by atoms with Crippen LogP contribution in [0.5, 0.6) is 5.75 Å². The van der Waals surface area contributed by atoms with Crippen molar-refractivity contribution in [2.45, 2.75) is 33.5 Å². The van der Waals surface area contributed by atoms with Gasteiger partial charge < -0.3 is 15.2 Å². The van der Waals surface area contributed by atoms with Crippen LogP contribution in [0.1, 0.15) is 26.3 Å². The molecule has 0 saturated heterocycles. The molecule has 3 nitrogen and oxygen atoms in total. The lowest BCUT2D eigenvalue weighted by atomic mass is 10.1. The van der Waals surface area contributed by atoms with Gasteiger partial charge in [0.1, 0.15) is 5.75 Å². The van der Waals surface area contributed by atoms with Crippen LogP contribution in [0.2, 0.25) is 0 Å². The van der Waals surface area contributed by atoms with Crippen molar-refractivity contribution < 1.29 is 9.47 Å². The van der Waals surface area contributed by atoms with Crippen molar-refractivity contribution in [3.8, 4) is 5.75 Å². The zero-order valence-corrected chi connectivity index (χ0v) is 10.5. The van der Waals surface area contributed by atoms with Gasteiger partial charge in [-0.05, 0) is 31.0 Å². The molecule has 0 heterocycles. The third-order valence-electron chi connectivity index (χ3n) is 2.79. The normalized spacial score (nSPS) is 12.8. The van der Waals surface area contributed by atoms with Crippen molar-refractivity contribution in [3.05, 3.63) is 23.8 Å². The minimum atomic E-state index is 0.227. The second-order valence-corrected chi connectivity index (χ2v) is 4.32. The molecule has 0 spiro atoms. The van der Waals surface area contributed by atoms with Gasteiger partial charge in [0.15, 0.2) is 0 Å². The summed E-state index contributed by atoms with van der Waals surface area (Å²) >= 11 is 0. The average molecular weight is 223 g/mol. The monoisotopic (exact) mass is 223 g/mol. The number of ether oxygens (including phenoxy) is 2. The van der Waals surface area contributed by atoms with E-state index in [1.54, 1.807) is 7.11 Å². The quantitative estimate of drug-likeness (QED) is 0.781. The molecule has 0 amide bonds. The topological polar surface area (TPSA) is 44.5 Å². The SMILES string of the molecule is COc1ccc(N)c(CO[C@H](C)C(C)C)c1. The molecular formula is C13H21NO2. The van der Waals surface area contributed by atoms with E-state index in [1.165, 1.54) is 0 Å². The predicted octanol–water partition coefficient (Wildman–Crippen LogP) is 2.84. The van der Waals surface area contributed by atoms with Gasteiger partial charge in [0.25, 0.3) is 0 Å². The van der Waals surface area contributed by atoms with Gasteiger partial charge in [-0.15, -0.1) is 0 Å². The van der Waals surface area contributed by atoms with Gasteiger partial charge >= 0.3 is 0 Å². The first-order valence-corrected chi connectivity index (χ1v) is 5.58. The molecule has 0 saturated carbocycles. The Hall–Kier alpha value is -1.22. The van der Waals surface area contributed by atoms with Gasteiger partial charge in [-0.1, -0.05) is 13.8 Å². The summed E-state index contributed by atoms with van der Waals surface area (Å²) in [7, 11) is 1.65. The van der Waals surface area contributed by atoms with E-state index in [1.807, 2.05) is 18.2 Å². The second kappa shape index (κ2) is 5.75. The maximum Gasteiger partial charge on any atom is 0.119 e. The van der Waals surface area contributed by atoms with E-state index in [4.69, 9.17) is 15.2 Å². The summed E-state index contributed by atoms with van der Waals surface area (Å²) in [6.07, 6.45) is 0.227. The van der Waals surface area contributed by atoms with Gasteiger partial charge in [-0.3, -0.25) is 0 Å². The number of rotatable bonds is 5. The number of benzene rings is 1. The van der Waals surface area contributed by atoms with Crippen LogP contribution in [0.15, 0.2) is 18.2 Å². The van der Waals surface area contributed by atoms with Crippen molar-refractivity contribution in [2.24, 2.45) is 5.92 Å². The van der Waals surface area contributed by atoms with E-state index < -0.39 is 0 Å². The molecule has 0 aliphatic heterocycles. The second-order valence-electron chi connectivity index (χ2n) is 4.32. The van der Waals surface area contributed by atoms with E-state index in [-0.39, 0.29) is 6.10 Å². The minimum Gasteiger partial charge on any atom is -0.497 e. The number of nitrogen functional groups attached to an aromatic ring is 1. The lowest BCUT2D eigenvalue weighted by Gasteiger charge is -2.17. The van der Waals surface area contributed by atoms with Gasteiger partial charge in [0.05, 0.1) is 19.8 Å². The fourth-order valence-electron chi connectivity index (χ4n) is 1.25. The molecule has 0 bridgehead atoms. The van der Waals surface area contributed by atoms with Crippen molar-refractivity contribution in [1.29, 1.82) is 0 Å². The summed E-state index contributed by atoms with van der Waals surface area (Å²) in [4.78, 5) is 0. The Kier molecular flexibility index (Phi) is 4.62. The molecule has 0 fully saturated rings. The zero-order valence-electron chi connectivity index (χ0n) is 10.5. The van der Waals surface area contributed by atoms with Gasteiger partial charge in [0, 0.05) is 11.3 Å². The molecule has 3 heteroatoms. The number of methoxy groups -OCH3 is 1. The Labute approximate surface area is 97.6 Å². The molecule has 1 atom stereocenters. The van der Waals surface area contributed by atoms with Crippen molar-refractivity contribution in [3.63, 3.8) is 0 Å². The van der Waals surface area contributed by atoms with Crippen LogP contribution in [-0.2, 0) is 11.3 Å². The first kappa shape index (κ1) is 12.8. The molecule has 1 aromatic carbocycles. The molecule has 0 unspecified atom stereocenters. The standard InChI is InChI=1S/C13H21NO2/c1-9(2)10(3)16-8-11-7-12(15-4)5-6-13(11)14/h5-7,9-10H,8,14H2,1-4H3/t10-/m1/s1. The van der Waals surface area contributed by atoms with Crippen molar-refractivity contribution in [1.82, 2.24) is 0 Å². The fourth-order valence-corrected chi connectivity index (χ4v) is 1.25. The lowest BCUT2D eigenvalue weighted by molar-refractivity contribution is 0.0237. The van der Waals surface area contributed by atoms with E-state index in [0.29, 0.717) is 12.5 Å². The highest BCUT2D eigenvalue weighted by Crippen LogP contribution is 2.21. The Balaban J connectivity index is 2.65. The van der Waals surface area contributed by atoms with Crippen LogP contribution in [0.3, 0.4) is 0 Å². The largest absolute Gasteiger partial charge is 0.497 e. The van der Waals surface area contributed by atoms with Crippen LogP contribution in [0.25, 0.3) is 0 Å². The van der Waals surface area contributed by atoms with Gasteiger partial charge in [0.2, 0.25) is 0 Å². The maximum atomic E-state index is 5.87. The Bertz CT molecular complexity index is 337. The molecular weight excluding hydrogens is 202 g/mol. The van der Waals surface area contributed by atoms with Crippen LogP contribution in [0.4, 0.5) is 5.69 Å². The summed E-state index contributed by atoms with van der Waals surface area (Å²) in [6.45, 7) is 6.88. The predicted molar refractivity (Wildman–Crippen MR) is 66.5 cm³/mol. The lowest BCUT2D eigenvalue weighted by Crippen LogP contribution is -2.15. The minimum absolute atomic E-state index is 0.227. The van der Waals surface area contributed by atoms with Crippen LogP contribution in [-0.4, -0.2) is 13.2 Å². The molecule has 0 aromatic heterocycles.